The van der Waals surface area contributed by atoms with E-state index in [2.05, 4.69) is 19.1 Å². The SMILES string of the molecule is CCCCC[C@H](O)/C=C/[C@@H]1[C@H]2C/C=C\CCCC(=O)O[C@@H]1C[C@H]2O. The van der Waals surface area contributed by atoms with Gasteiger partial charge in [-0.25, -0.2) is 0 Å². The Morgan fingerprint density at radius 1 is 1.38 bits per heavy atom. The largest absolute Gasteiger partial charge is 0.462 e. The fourth-order valence-electron chi connectivity index (χ4n) is 3.73. The van der Waals surface area contributed by atoms with Gasteiger partial charge < -0.3 is 14.9 Å². The van der Waals surface area contributed by atoms with Crippen LogP contribution in [-0.4, -0.2) is 34.5 Å². The van der Waals surface area contributed by atoms with E-state index >= 15 is 0 Å². The van der Waals surface area contributed by atoms with Crippen LogP contribution in [0.15, 0.2) is 24.3 Å². The Balaban J connectivity index is 2.04. The summed E-state index contributed by atoms with van der Waals surface area (Å²) in [6, 6.07) is 0. The highest BCUT2D eigenvalue weighted by atomic mass is 16.5. The molecule has 2 rings (SSSR count). The first-order valence-corrected chi connectivity index (χ1v) is 9.50. The molecule has 4 heteroatoms. The molecule has 1 aliphatic carbocycles. The molecule has 0 unspecified atom stereocenters. The number of aliphatic hydroxyl groups is 2. The lowest BCUT2D eigenvalue weighted by Crippen LogP contribution is -2.24. The second-order valence-corrected chi connectivity index (χ2v) is 7.12. The zero-order valence-corrected chi connectivity index (χ0v) is 14.8. The van der Waals surface area contributed by atoms with Crippen molar-refractivity contribution >= 4 is 5.97 Å². The molecule has 5 atom stereocenters. The Morgan fingerprint density at radius 2 is 2.21 bits per heavy atom. The number of ether oxygens (including phenoxy) is 1. The minimum absolute atomic E-state index is 0.0208. The highest BCUT2D eigenvalue weighted by Gasteiger charge is 2.42. The zero-order chi connectivity index (χ0) is 17.4. The molecule has 2 N–H and O–H groups in total. The van der Waals surface area contributed by atoms with Crippen LogP contribution >= 0.6 is 0 Å². The molecule has 2 bridgehead atoms. The second-order valence-electron chi connectivity index (χ2n) is 7.12. The van der Waals surface area contributed by atoms with E-state index in [-0.39, 0.29) is 23.9 Å². The van der Waals surface area contributed by atoms with Crippen molar-refractivity contribution in [1.29, 1.82) is 0 Å². The number of hydrogen-bond donors (Lipinski definition) is 2. The van der Waals surface area contributed by atoms with Crippen LogP contribution in [0.3, 0.4) is 0 Å². The summed E-state index contributed by atoms with van der Waals surface area (Å²) in [5.41, 5.74) is 0. The van der Waals surface area contributed by atoms with Crippen molar-refractivity contribution in [3.63, 3.8) is 0 Å². The molecule has 136 valence electrons. The first-order valence-electron chi connectivity index (χ1n) is 9.50. The predicted molar refractivity (Wildman–Crippen MR) is 94.4 cm³/mol. The fraction of sp³-hybridized carbons (Fsp3) is 0.750. The van der Waals surface area contributed by atoms with Gasteiger partial charge in [-0.2, -0.15) is 0 Å². The van der Waals surface area contributed by atoms with E-state index in [0.29, 0.717) is 12.8 Å². The molecule has 0 spiro atoms. The van der Waals surface area contributed by atoms with Crippen molar-refractivity contribution in [2.24, 2.45) is 11.8 Å². The monoisotopic (exact) mass is 336 g/mol. The quantitative estimate of drug-likeness (QED) is 0.442. The first-order chi connectivity index (χ1) is 11.6. The lowest BCUT2D eigenvalue weighted by atomic mass is 9.89. The van der Waals surface area contributed by atoms with Crippen LogP contribution < -0.4 is 0 Å². The maximum atomic E-state index is 12.0. The number of carbonyl (C=O) groups is 1. The summed E-state index contributed by atoms with van der Waals surface area (Å²) in [5.74, 6) is -0.145. The number of esters is 1. The maximum Gasteiger partial charge on any atom is 0.306 e. The Labute approximate surface area is 145 Å². The molecule has 1 saturated carbocycles. The Kier molecular flexibility index (Phi) is 8.00. The average Bonchev–Trinajstić information content (AvgIpc) is 2.81. The third-order valence-corrected chi connectivity index (χ3v) is 5.16. The van der Waals surface area contributed by atoms with Crippen molar-refractivity contribution < 1.29 is 19.7 Å². The number of rotatable bonds is 6. The molecule has 1 heterocycles. The van der Waals surface area contributed by atoms with Crippen LogP contribution in [0.5, 0.6) is 0 Å². The summed E-state index contributed by atoms with van der Waals surface area (Å²) < 4.78 is 5.63. The van der Waals surface area contributed by atoms with Crippen LogP contribution in [0.2, 0.25) is 0 Å². The summed E-state index contributed by atoms with van der Waals surface area (Å²) in [5, 5.41) is 20.5. The van der Waals surface area contributed by atoms with Gasteiger partial charge in [0, 0.05) is 18.8 Å². The Morgan fingerprint density at radius 3 is 3.00 bits per heavy atom. The topological polar surface area (TPSA) is 66.8 Å². The smallest absolute Gasteiger partial charge is 0.306 e. The van der Waals surface area contributed by atoms with Gasteiger partial charge in [-0.1, -0.05) is 50.5 Å². The number of fused-ring (bicyclic) bond motifs is 2. The van der Waals surface area contributed by atoms with E-state index in [9.17, 15) is 15.0 Å². The molecule has 4 nitrogen and oxygen atoms in total. The molecule has 0 radical (unpaired) electrons. The fourth-order valence-corrected chi connectivity index (χ4v) is 3.73. The first kappa shape index (κ1) is 19.2. The number of carbonyl (C=O) groups excluding carboxylic acids is 1. The third-order valence-electron chi connectivity index (χ3n) is 5.16. The van der Waals surface area contributed by atoms with Gasteiger partial charge in [-0.15, -0.1) is 0 Å². The Hall–Kier alpha value is -1.13. The van der Waals surface area contributed by atoms with Crippen LogP contribution in [0, 0.1) is 11.8 Å². The van der Waals surface area contributed by atoms with Gasteiger partial charge in [0.25, 0.3) is 0 Å². The highest BCUT2D eigenvalue weighted by molar-refractivity contribution is 5.69. The average molecular weight is 336 g/mol. The molecule has 2 aliphatic rings. The molecular weight excluding hydrogens is 304 g/mol. The van der Waals surface area contributed by atoms with Crippen molar-refractivity contribution in [3.8, 4) is 0 Å². The van der Waals surface area contributed by atoms with Gasteiger partial charge in [0.15, 0.2) is 0 Å². The summed E-state index contributed by atoms with van der Waals surface area (Å²) in [6.45, 7) is 2.14. The minimum Gasteiger partial charge on any atom is -0.462 e. The maximum absolute atomic E-state index is 12.0. The van der Waals surface area contributed by atoms with Gasteiger partial charge in [-0.3, -0.25) is 4.79 Å². The summed E-state index contributed by atoms with van der Waals surface area (Å²) >= 11 is 0. The Bertz CT molecular complexity index is 443. The standard InChI is InChI=1S/C20H32O4/c1-2-3-6-9-15(21)12-13-17-16-10-7-4-5-8-11-20(23)24-19(17)14-18(16)22/h4,7,12-13,15-19,21-22H,2-3,5-6,8-11,14H2,1H3/b7-4-,13-12+/t15-,16+,17+,18+,19+/m0/s1. The van der Waals surface area contributed by atoms with E-state index in [1.165, 1.54) is 0 Å². The lowest BCUT2D eigenvalue weighted by molar-refractivity contribution is -0.150. The molecule has 0 saturated heterocycles. The number of unbranched alkanes of at least 4 members (excludes halogenated alkanes) is 2. The van der Waals surface area contributed by atoms with E-state index in [1.54, 1.807) is 0 Å². The molecule has 1 aliphatic heterocycles. The minimum atomic E-state index is -0.461. The number of aliphatic hydroxyl groups excluding tert-OH is 2. The molecular formula is C20H32O4. The van der Waals surface area contributed by atoms with E-state index in [4.69, 9.17) is 4.74 Å². The van der Waals surface area contributed by atoms with Gasteiger partial charge >= 0.3 is 5.97 Å². The normalized spacial score (nSPS) is 33.9. The predicted octanol–water partition coefficient (Wildman–Crippen LogP) is 3.52. The zero-order valence-electron chi connectivity index (χ0n) is 14.8. The second kappa shape index (κ2) is 10.00. The van der Waals surface area contributed by atoms with Crippen molar-refractivity contribution in [2.45, 2.75) is 83.0 Å². The molecule has 0 amide bonds. The van der Waals surface area contributed by atoms with E-state index in [0.717, 1.165) is 44.9 Å². The third kappa shape index (κ3) is 5.75. The van der Waals surface area contributed by atoms with Crippen LogP contribution in [0.4, 0.5) is 0 Å². The number of hydrogen-bond acceptors (Lipinski definition) is 4. The molecule has 24 heavy (non-hydrogen) atoms. The molecule has 0 aromatic rings. The van der Waals surface area contributed by atoms with Gasteiger partial charge in [-0.05, 0) is 31.6 Å². The molecule has 0 aromatic carbocycles. The van der Waals surface area contributed by atoms with Crippen molar-refractivity contribution in [2.75, 3.05) is 0 Å². The summed E-state index contributed by atoms with van der Waals surface area (Å²) in [6.07, 6.45) is 14.2. The number of allylic oxidation sites excluding steroid dienone is 2. The lowest BCUT2D eigenvalue weighted by Gasteiger charge is -2.22. The highest BCUT2D eigenvalue weighted by Crippen LogP contribution is 2.38. The van der Waals surface area contributed by atoms with Crippen LogP contribution in [0.1, 0.15) is 64.7 Å². The van der Waals surface area contributed by atoms with Gasteiger partial charge in [0.05, 0.1) is 12.2 Å². The van der Waals surface area contributed by atoms with Crippen LogP contribution in [-0.2, 0) is 9.53 Å². The van der Waals surface area contributed by atoms with Gasteiger partial charge in [0.2, 0.25) is 0 Å². The van der Waals surface area contributed by atoms with E-state index in [1.807, 2.05) is 12.2 Å². The molecule has 0 aromatic heterocycles. The van der Waals surface area contributed by atoms with Crippen molar-refractivity contribution in [1.82, 2.24) is 0 Å². The summed E-state index contributed by atoms with van der Waals surface area (Å²) in [7, 11) is 0. The van der Waals surface area contributed by atoms with Gasteiger partial charge in [0.1, 0.15) is 6.10 Å². The van der Waals surface area contributed by atoms with Crippen LogP contribution in [0.25, 0.3) is 0 Å². The van der Waals surface area contributed by atoms with Crippen molar-refractivity contribution in [3.05, 3.63) is 24.3 Å². The summed E-state index contributed by atoms with van der Waals surface area (Å²) in [4.78, 5) is 12.0. The van der Waals surface area contributed by atoms with E-state index < -0.39 is 12.2 Å². The molecule has 1 fully saturated rings.